The number of nitrogens with one attached hydrogen (secondary N) is 1. The average Bonchev–Trinajstić information content (AvgIpc) is 3.14. The topological polar surface area (TPSA) is 108 Å². The Balaban J connectivity index is 1.71. The van der Waals surface area contributed by atoms with Crippen molar-refractivity contribution in [3.8, 4) is 0 Å². The number of carbonyl (C=O) groups is 1. The van der Waals surface area contributed by atoms with Crippen LogP contribution in [0.3, 0.4) is 0 Å². The van der Waals surface area contributed by atoms with Crippen molar-refractivity contribution in [3.05, 3.63) is 68.4 Å². The van der Waals surface area contributed by atoms with Gasteiger partial charge in [0, 0.05) is 22.3 Å². The van der Waals surface area contributed by atoms with Gasteiger partial charge >= 0.3 is 5.69 Å². The molecule has 2 heterocycles. The van der Waals surface area contributed by atoms with Crippen LogP contribution in [0.4, 0.5) is 15.9 Å². The molecule has 0 radical (unpaired) electrons. The molecule has 1 amide bonds. The molecule has 11 heteroatoms. The Kier molecular flexibility index (Phi) is 5.41. The van der Waals surface area contributed by atoms with E-state index in [2.05, 4.69) is 15.5 Å². The smallest absolute Gasteiger partial charge is 0.308 e. The van der Waals surface area contributed by atoms with E-state index in [4.69, 9.17) is 11.6 Å². The largest absolute Gasteiger partial charge is 0.309 e. The number of aromatic nitrogens is 4. The van der Waals surface area contributed by atoms with Crippen LogP contribution in [0.25, 0.3) is 0 Å². The Morgan fingerprint density at radius 3 is 2.75 bits per heavy atom. The first-order valence-corrected chi connectivity index (χ1v) is 8.58. The third kappa shape index (κ3) is 4.01. The van der Waals surface area contributed by atoms with Crippen LogP contribution in [-0.4, -0.2) is 30.4 Å². The first-order valence-electron chi connectivity index (χ1n) is 8.20. The quantitative estimate of drug-likeness (QED) is 0.500. The van der Waals surface area contributed by atoms with Gasteiger partial charge in [-0.25, -0.2) is 4.39 Å². The van der Waals surface area contributed by atoms with Crippen LogP contribution in [0.15, 0.2) is 30.5 Å². The zero-order chi connectivity index (χ0) is 20.4. The zero-order valence-electron chi connectivity index (χ0n) is 15.0. The van der Waals surface area contributed by atoms with E-state index < -0.39 is 16.6 Å². The predicted molar refractivity (Wildman–Crippen MR) is 99.7 cm³/mol. The van der Waals surface area contributed by atoms with E-state index in [1.165, 1.54) is 28.4 Å². The fourth-order valence-electron chi connectivity index (χ4n) is 2.66. The summed E-state index contributed by atoms with van der Waals surface area (Å²) in [6, 6.07) is 6.05. The Bertz CT molecular complexity index is 1040. The van der Waals surface area contributed by atoms with Crippen molar-refractivity contribution in [1.29, 1.82) is 0 Å². The number of rotatable bonds is 6. The lowest BCUT2D eigenvalue weighted by Gasteiger charge is -2.08. The number of benzene rings is 1. The van der Waals surface area contributed by atoms with Gasteiger partial charge in [-0.2, -0.15) is 10.2 Å². The van der Waals surface area contributed by atoms with Gasteiger partial charge in [0.1, 0.15) is 24.3 Å². The molecule has 28 heavy (non-hydrogen) atoms. The molecule has 0 fully saturated rings. The van der Waals surface area contributed by atoms with E-state index in [0.717, 1.165) is 6.20 Å². The molecule has 0 saturated heterocycles. The normalized spacial score (nSPS) is 10.9. The van der Waals surface area contributed by atoms with Crippen LogP contribution in [0.1, 0.15) is 17.0 Å². The lowest BCUT2D eigenvalue weighted by Crippen LogP contribution is -2.20. The minimum Gasteiger partial charge on any atom is -0.308 e. The second-order valence-electron chi connectivity index (χ2n) is 6.11. The molecule has 2 aromatic heterocycles. The van der Waals surface area contributed by atoms with Crippen molar-refractivity contribution in [1.82, 2.24) is 19.6 Å². The van der Waals surface area contributed by atoms with Gasteiger partial charge in [-0.15, -0.1) is 0 Å². The van der Waals surface area contributed by atoms with Gasteiger partial charge in [-0.1, -0.05) is 17.7 Å². The molecule has 146 valence electrons. The first-order chi connectivity index (χ1) is 13.3. The van der Waals surface area contributed by atoms with Gasteiger partial charge in [-0.3, -0.25) is 24.3 Å². The zero-order valence-corrected chi connectivity index (χ0v) is 15.8. The Hall–Kier alpha value is -3.27. The van der Waals surface area contributed by atoms with Crippen LogP contribution >= 0.6 is 11.6 Å². The van der Waals surface area contributed by atoms with Crippen LogP contribution in [0.2, 0.25) is 5.02 Å². The molecule has 3 rings (SSSR count). The molecule has 0 unspecified atom stereocenters. The van der Waals surface area contributed by atoms with Gasteiger partial charge in [-0.05, 0) is 26.0 Å². The van der Waals surface area contributed by atoms with Crippen molar-refractivity contribution in [2.24, 2.45) is 0 Å². The lowest BCUT2D eigenvalue weighted by atomic mass is 10.2. The monoisotopic (exact) mass is 406 g/mol. The molecular weight excluding hydrogens is 391 g/mol. The second-order valence-corrected chi connectivity index (χ2v) is 6.51. The third-order valence-corrected chi connectivity index (χ3v) is 4.54. The second kappa shape index (κ2) is 7.77. The van der Waals surface area contributed by atoms with Crippen molar-refractivity contribution in [2.45, 2.75) is 26.9 Å². The number of halogens is 2. The van der Waals surface area contributed by atoms with Gasteiger partial charge in [0.25, 0.3) is 0 Å². The van der Waals surface area contributed by atoms with Crippen molar-refractivity contribution in [3.63, 3.8) is 0 Å². The Labute approximate surface area is 163 Å². The van der Waals surface area contributed by atoms with E-state index in [1.807, 2.05) is 0 Å². The molecule has 9 nitrogen and oxygen atoms in total. The molecule has 1 aromatic carbocycles. The highest BCUT2D eigenvalue weighted by Gasteiger charge is 2.18. The van der Waals surface area contributed by atoms with Crippen molar-refractivity contribution >= 4 is 29.0 Å². The summed E-state index contributed by atoms with van der Waals surface area (Å²) in [4.78, 5) is 22.5. The number of aryl methyl sites for hydroxylation is 1. The Morgan fingerprint density at radius 2 is 2.11 bits per heavy atom. The predicted octanol–water partition coefficient (Wildman–Crippen LogP) is 3.08. The maximum absolute atomic E-state index is 14.0. The Morgan fingerprint density at radius 1 is 1.36 bits per heavy atom. The van der Waals surface area contributed by atoms with Crippen molar-refractivity contribution < 1.29 is 14.1 Å². The number of amides is 1. The maximum Gasteiger partial charge on any atom is 0.309 e. The van der Waals surface area contributed by atoms with Gasteiger partial charge in [0.2, 0.25) is 5.91 Å². The molecule has 1 N–H and O–H groups in total. The van der Waals surface area contributed by atoms with Gasteiger partial charge in [0.05, 0.1) is 11.5 Å². The highest BCUT2D eigenvalue weighted by Crippen LogP contribution is 2.21. The highest BCUT2D eigenvalue weighted by atomic mass is 35.5. The first kappa shape index (κ1) is 19.5. The lowest BCUT2D eigenvalue weighted by molar-refractivity contribution is -0.385. The average molecular weight is 407 g/mol. The van der Waals surface area contributed by atoms with Crippen LogP contribution < -0.4 is 5.32 Å². The SMILES string of the molecule is Cc1cc(NC(=O)Cn2ncc([N+](=O)[O-])c2C)nn1Cc1c(F)cccc1Cl. The molecule has 0 aliphatic heterocycles. The summed E-state index contributed by atoms with van der Waals surface area (Å²) >= 11 is 6.04. The molecule has 0 spiro atoms. The summed E-state index contributed by atoms with van der Waals surface area (Å²) in [6.45, 7) is 3.18. The summed E-state index contributed by atoms with van der Waals surface area (Å²) in [5.41, 5.74) is 1.11. The molecule has 0 saturated carbocycles. The van der Waals surface area contributed by atoms with E-state index >= 15 is 0 Å². The van der Waals surface area contributed by atoms with E-state index in [9.17, 15) is 19.3 Å². The maximum atomic E-state index is 14.0. The third-order valence-electron chi connectivity index (χ3n) is 4.19. The summed E-state index contributed by atoms with van der Waals surface area (Å²) < 4.78 is 16.7. The molecule has 0 aliphatic rings. The summed E-state index contributed by atoms with van der Waals surface area (Å²) in [5, 5.41) is 21.8. The number of anilines is 1. The number of carbonyl (C=O) groups excluding carboxylic acids is 1. The summed E-state index contributed by atoms with van der Waals surface area (Å²) in [6.07, 6.45) is 1.10. The standard InChI is InChI=1S/C17H16ClFN6O3/c1-10-6-16(22-23(10)8-12-13(18)4-3-5-14(12)19)21-17(26)9-24-11(2)15(7-20-24)25(27)28/h3-7H,8-9H2,1-2H3,(H,21,22,26). The van der Waals surface area contributed by atoms with Crippen LogP contribution in [-0.2, 0) is 17.9 Å². The number of nitrogens with zero attached hydrogens (tertiary/aromatic N) is 5. The number of hydrogen-bond donors (Lipinski definition) is 1. The van der Waals surface area contributed by atoms with Crippen LogP contribution in [0, 0.1) is 29.8 Å². The molecule has 3 aromatic rings. The van der Waals surface area contributed by atoms with E-state index in [0.29, 0.717) is 11.3 Å². The molecule has 0 aliphatic carbocycles. The highest BCUT2D eigenvalue weighted by molar-refractivity contribution is 6.31. The molecular formula is C17H16ClFN6O3. The number of nitro groups is 1. The van der Waals surface area contributed by atoms with E-state index in [-0.39, 0.29) is 35.3 Å². The number of hydrogen-bond acceptors (Lipinski definition) is 5. The summed E-state index contributed by atoms with van der Waals surface area (Å²) in [5.74, 6) is -0.618. The fourth-order valence-corrected chi connectivity index (χ4v) is 2.88. The minimum atomic E-state index is -0.560. The van der Waals surface area contributed by atoms with Crippen molar-refractivity contribution in [2.75, 3.05) is 5.32 Å². The molecule has 0 atom stereocenters. The van der Waals surface area contributed by atoms with E-state index in [1.54, 1.807) is 19.1 Å². The molecule has 0 bridgehead atoms. The summed E-state index contributed by atoms with van der Waals surface area (Å²) in [7, 11) is 0. The van der Waals surface area contributed by atoms with Gasteiger partial charge < -0.3 is 5.32 Å². The van der Waals surface area contributed by atoms with Gasteiger partial charge in [0.15, 0.2) is 5.82 Å². The fraction of sp³-hybridized carbons (Fsp3) is 0.235. The van der Waals surface area contributed by atoms with Crippen LogP contribution in [0.5, 0.6) is 0 Å². The minimum absolute atomic E-state index is 0.109.